The summed E-state index contributed by atoms with van der Waals surface area (Å²) >= 11 is 0. The fraction of sp³-hybridized carbons (Fsp3) is 0.967. The van der Waals surface area contributed by atoms with Gasteiger partial charge in [0, 0.05) is 19.4 Å². The molecule has 0 saturated carbocycles. The highest BCUT2D eigenvalue weighted by Gasteiger charge is 2.26. The summed E-state index contributed by atoms with van der Waals surface area (Å²) in [5.41, 5.74) is 5.39. The molecule has 71 heavy (non-hydrogen) atoms. The van der Waals surface area contributed by atoms with E-state index in [1.165, 1.54) is 283 Å². The van der Waals surface area contributed by atoms with E-state index in [-0.39, 0.29) is 32.1 Å². The number of hydrogen-bond acceptors (Lipinski definition) is 8. The molecular weight excluding hydrogens is 906 g/mol. The van der Waals surface area contributed by atoms with Crippen molar-refractivity contribution in [1.82, 2.24) is 0 Å². The second-order valence-corrected chi connectivity index (χ2v) is 23.1. The number of phosphoric ester groups is 1. The van der Waals surface area contributed by atoms with Crippen LogP contribution in [0.3, 0.4) is 0 Å². The van der Waals surface area contributed by atoms with Crippen LogP contribution in [0.1, 0.15) is 348 Å². The Kier molecular flexibility index (Phi) is 57.5. The van der Waals surface area contributed by atoms with Gasteiger partial charge in [0.2, 0.25) is 0 Å². The summed E-state index contributed by atoms with van der Waals surface area (Å²) in [4.78, 5) is 35.2. The van der Waals surface area contributed by atoms with Crippen LogP contribution < -0.4 is 5.73 Å². The zero-order chi connectivity index (χ0) is 51.7. The van der Waals surface area contributed by atoms with E-state index in [1.807, 2.05) is 0 Å². The van der Waals surface area contributed by atoms with E-state index in [9.17, 15) is 19.0 Å². The largest absolute Gasteiger partial charge is 0.472 e. The molecular formula is C61H122NO8P. The molecule has 0 fully saturated rings. The molecule has 424 valence electrons. The lowest BCUT2D eigenvalue weighted by molar-refractivity contribution is -0.161. The van der Waals surface area contributed by atoms with E-state index >= 15 is 0 Å². The highest BCUT2D eigenvalue weighted by molar-refractivity contribution is 7.47. The van der Waals surface area contributed by atoms with Crippen molar-refractivity contribution in [2.75, 3.05) is 26.4 Å². The Hall–Kier alpha value is -0.990. The van der Waals surface area contributed by atoms with Gasteiger partial charge in [0.25, 0.3) is 0 Å². The highest BCUT2D eigenvalue weighted by atomic mass is 31.2. The Morgan fingerprint density at radius 2 is 0.606 bits per heavy atom. The molecule has 3 N–H and O–H groups in total. The van der Waals surface area contributed by atoms with Crippen LogP contribution in [-0.2, 0) is 32.7 Å². The van der Waals surface area contributed by atoms with Crippen LogP contribution in [-0.4, -0.2) is 49.3 Å². The predicted octanol–water partition coefficient (Wildman–Crippen LogP) is 19.9. The zero-order valence-corrected chi connectivity index (χ0v) is 48.4. The van der Waals surface area contributed by atoms with Gasteiger partial charge in [0.05, 0.1) is 13.2 Å². The average molecular weight is 1030 g/mol. The molecule has 0 aromatic carbocycles. The number of phosphoric acid groups is 1. The molecule has 0 heterocycles. The Labute approximate surface area is 441 Å². The van der Waals surface area contributed by atoms with Gasteiger partial charge in [-0.05, 0) is 12.8 Å². The van der Waals surface area contributed by atoms with Crippen LogP contribution in [0.5, 0.6) is 0 Å². The number of rotatable bonds is 61. The molecule has 9 nitrogen and oxygen atoms in total. The first-order valence-electron chi connectivity index (χ1n) is 31.5. The number of hydrogen-bond donors (Lipinski definition) is 2. The van der Waals surface area contributed by atoms with Gasteiger partial charge < -0.3 is 20.1 Å². The summed E-state index contributed by atoms with van der Waals surface area (Å²) < 4.78 is 33.1. The number of unbranched alkanes of at least 4 members (excludes halogenated alkanes) is 48. The zero-order valence-electron chi connectivity index (χ0n) is 47.5. The van der Waals surface area contributed by atoms with E-state index in [1.54, 1.807) is 0 Å². The molecule has 0 aliphatic heterocycles. The molecule has 0 spiro atoms. The third-order valence-corrected chi connectivity index (χ3v) is 15.5. The van der Waals surface area contributed by atoms with Crippen LogP contribution in [0.15, 0.2) is 0 Å². The number of carbonyl (C=O) groups excluding carboxylic acids is 2. The van der Waals surface area contributed by atoms with Crippen molar-refractivity contribution in [2.45, 2.75) is 354 Å². The summed E-state index contributed by atoms with van der Waals surface area (Å²) in [6, 6.07) is 0. The molecule has 0 saturated heterocycles. The molecule has 0 aromatic heterocycles. The van der Waals surface area contributed by atoms with Crippen LogP contribution in [0.25, 0.3) is 0 Å². The monoisotopic (exact) mass is 1030 g/mol. The van der Waals surface area contributed by atoms with Gasteiger partial charge in [0.1, 0.15) is 6.61 Å². The molecule has 0 aliphatic carbocycles. The Morgan fingerprint density at radius 3 is 0.859 bits per heavy atom. The lowest BCUT2D eigenvalue weighted by Gasteiger charge is -2.19. The van der Waals surface area contributed by atoms with Crippen molar-refractivity contribution in [3.05, 3.63) is 0 Å². The normalized spacial score (nSPS) is 12.9. The Balaban J connectivity index is 3.85. The number of nitrogens with two attached hydrogens (primary N) is 1. The Morgan fingerprint density at radius 1 is 0.366 bits per heavy atom. The number of esters is 2. The molecule has 0 amide bonds. The summed E-state index contributed by atoms with van der Waals surface area (Å²) in [7, 11) is -4.38. The molecule has 2 atom stereocenters. The minimum atomic E-state index is -4.38. The maximum absolute atomic E-state index is 12.7. The third kappa shape index (κ3) is 58.1. The first-order chi connectivity index (χ1) is 34.8. The van der Waals surface area contributed by atoms with Crippen molar-refractivity contribution in [2.24, 2.45) is 5.73 Å². The number of carbonyl (C=O) groups is 2. The van der Waals surface area contributed by atoms with Gasteiger partial charge in [-0.1, -0.05) is 322 Å². The smallest absolute Gasteiger partial charge is 0.462 e. The van der Waals surface area contributed by atoms with Crippen LogP contribution in [0.4, 0.5) is 0 Å². The van der Waals surface area contributed by atoms with Gasteiger partial charge in [0.15, 0.2) is 6.10 Å². The number of ether oxygens (including phenoxy) is 2. The van der Waals surface area contributed by atoms with Crippen molar-refractivity contribution in [1.29, 1.82) is 0 Å². The van der Waals surface area contributed by atoms with E-state index in [0.717, 1.165) is 32.1 Å². The predicted molar refractivity (Wildman–Crippen MR) is 303 cm³/mol. The fourth-order valence-electron chi connectivity index (χ4n) is 9.82. The van der Waals surface area contributed by atoms with Crippen molar-refractivity contribution in [3.63, 3.8) is 0 Å². The second kappa shape index (κ2) is 58.3. The highest BCUT2D eigenvalue weighted by Crippen LogP contribution is 2.43. The van der Waals surface area contributed by atoms with Crippen LogP contribution >= 0.6 is 7.82 Å². The lowest BCUT2D eigenvalue weighted by atomic mass is 10.0. The minimum absolute atomic E-state index is 0.0587. The van der Waals surface area contributed by atoms with Crippen molar-refractivity contribution in [3.8, 4) is 0 Å². The Bertz CT molecular complexity index is 1130. The SMILES string of the molecule is CCCCCCCCCCCCCCCCCCCCCCCCCCCCCCC(=O)OC(COC(=O)CCCCCCCCCCCCCCCCCCCCCCCC)COP(=O)(O)OCCN. The van der Waals surface area contributed by atoms with Gasteiger partial charge in [-0.2, -0.15) is 0 Å². The molecule has 0 aliphatic rings. The molecule has 2 unspecified atom stereocenters. The van der Waals surface area contributed by atoms with E-state index in [0.29, 0.717) is 12.8 Å². The topological polar surface area (TPSA) is 134 Å². The first kappa shape index (κ1) is 70.0. The fourth-order valence-corrected chi connectivity index (χ4v) is 10.6. The van der Waals surface area contributed by atoms with Gasteiger partial charge in [-0.3, -0.25) is 18.6 Å². The molecule has 0 radical (unpaired) electrons. The maximum Gasteiger partial charge on any atom is 0.472 e. The van der Waals surface area contributed by atoms with E-state index in [2.05, 4.69) is 13.8 Å². The minimum Gasteiger partial charge on any atom is -0.462 e. The third-order valence-electron chi connectivity index (χ3n) is 14.5. The van der Waals surface area contributed by atoms with E-state index < -0.39 is 26.5 Å². The van der Waals surface area contributed by atoms with Crippen molar-refractivity contribution >= 4 is 19.8 Å². The first-order valence-corrected chi connectivity index (χ1v) is 33.0. The molecule has 0 aromatic rings. The second-order valence-electron chi connectivity index (χ2n) is 21.7. The standard InChI is InChI=1S/C61H122NO8P/c1-3-5-7-9-11-13-15-17-19-21-23-25-27-28-29-30-31-32-34-36-38-40-42-44-46-48-50-52-54-61(64)70-59(58-69-71(65,66)68-56-55-62)57-67-60(63)53-51-49-47-45-43-41-39-37-35-33-26-24-22-20-18-16-14-12-10-8-6-4-2/h59H,3-58,62H2,1-2H3,(H,65,66). The maximum atomic E-state index is 12.7. The van der Waals surface area contributed by atoms with Gasteiger partial charge >= 0.3 is 19.8 Å². The summed E-state index contributed by atoms with van der Waals surface area (Å²) in [6.45, 7) is 3.83. The average Bonchev–Trinajstić information content (AvgIpc) is 3.36. The lowest BCUT2D eigenvalue weighted by Crippen LogP contribution is -2.29. The summed E-state index contributed by atoms with van der Waals surface area (Å²) in [5, 5.41) is 0. The molecule has 0 bridgehead atoms. The van der Waals surface area contributed by atoms with Crippen LogP contribution in [0, 0.1) is 0 Å². The van der Waals surface area contributed by atoms with Gasteiger partial charge in [-0.15, -0.1) is 0 Å². The quantitative estimate of drug-likeness (QED) is 0.0347. The molecule has 0 rings (SSSR count). The van der Waals surface area contributed by atoms with Gasteiger partial charge in [-0.25, -0.2) is 4.57 Å². The molecule has 10 heteroatoms. The van der Waals surface area contributed by atoms with Crippen molar-refractivity contribution < 1.29 is 37.6 Å². The van der Waals surface area contributed by atoms with E-state index in [4.69, 9.17) is 24.3 Å². The summed E-state index contributed by atoms with van der Waals surface area (Å²) in [6.07, 6.45) is 66.1. The van der Waals surface area contributed by atoms with Crippen LogP contribution in [0.2, 0.25) is 0 Å². The summed E-state index contributed by atoms with van der Waals surface area (Å²) in [5.74, 6) is -0.800.